The first kappa shape index (κ1) is 10.5. The Labute approximate surface area is 92.7 Å². The maximum Gasteiger partial charge on any atom is 0.307 e. The standard InChI is InChI=1S/C10H14N2O2S/c1-12-6-5-11-10(12)15-8-4-2-3-7(8)9(13)14/h5-8H,2-4H2,1H3,(H,13,14). The van der Waals surface area contributed by atoms with E-state index in [0.29, 0.717) is 0 Å². The number of aliphatic carboxylic acids is 1. The van der Waals surface area contributed by atoms with Crippen LogP contribution in [0.5, 0.6) is 0 Å². The van der Waals surface area contributed by atoms with Gasteiger partial charge in [-0.2, -0.15) is 0 Å². The minimum absolute atomic E-state index is 0.184. The Bertz CT molecular complexity index is 364. The van der Waals surface area contributed by atoms with Gasteiger partial charge in [0, 0.05) is 24.7 Å². The average Bonchev–Trinajstić information content (AvgIpc) is 2.77. The molecule has 1 aromatic heterocycles. The number of rotatable bonds is 3. The Balaban J connectivity index is 2.06. The quantitative estimate of drug-likeness (QED) is 0.853. The van der Waals surface area contributed by atoms with Crippen LogP contribution in [-0.2, 0) is 11.8 Å². The molecule has 1 aliphatic rings. The van der Waals surface area contributed by atoms with Crippen LogP contribution in [-0.4, -0.2) is 25.9 Å². The molecule has 1 heterocycles. The van der Waals surface area contributed by atoms with E-state index >= 15 is 0 Å². The van der Waals surface area contributed by atoms with Crippen molar-refractivity contribution in [1.29, 1.82) is 0 Å². The molecule has 1 aliphatic carbocycles. The van der Waals surface area contributed by atoms with E-state index in [9.17, 15) is 4.79 Å². The Morgan fingerprint density at radius 3 is 3.07 bits per heavy atom. The van der Waals surface area contributed by atoms with Crippen LogP contribution in [0.4, 0.5) is 0 Å². The highest BCUT2D eigenvalue weighted by atomic mass is 32.2. The summed E-state index contributed by atoms with van der Waals surface area (Å²) in [5.74, 6) is -0.870. The molecule has 2 atom stereocenters. The second kappa shape index (κ2) is 4.26. The topological polar surface area (TPSA) is 55.1 Å². The van der Waals surface area contributed by atoms with Crippen molar-refractivity contribution in [2.24, 2.45) is 13.0 Å². The number of carbonyl (C=O) groups is 1. The van der Waals surface area contributed by atoms with Crippen LogP contribution in [0.2, 0.25) is 0 Å². The zero-order valence-electron chi connectivity index (χ0n) is 8.59. The third-order valence-electron chi connectivity index (χ3n) is 2.80. The molecule has 2 rings (SSSR count). The maximum absolute atomic E-state index is 11.0. The van der Waals surface area contributed by atoms with Gasteiger partial charge in [0.15, 0.2) is 5.16 Å². The molecule has 1 N–H and O–H groups in total. The minimum atomic E-state index is -0.667. The molecule has 2 unspecified atom stereocenters. The van der Waals surface area contributed by atoms with Crippen molar-refractivity contribution >= 4 is 17.7 Å². The summed E-state index contributed by atoms with van der Waals surface area (Å²) in [7, 11) is 1.93. The third-order valence-corrected chi connectivity index (χ3v) is 4.27. The number of imidazole rings is 1. The molecule has 0 radical (unpaired) electrons. The van der Waals surface area contributed by atoms with Crippen LogP contribution < -0.4 is 0 Å². The fraction of sp³-hybridized carbons (Fsp3) is 0.600. The van der Waals surface area contributed by atoms with E-state index in [1.54, 1.807) is 18.0 Å². The molecule has 4 nitrogen and oxygen atoms in total. The van der Waals surface area contributed by atoms with Crippen LogP contribution in [0.1, 0.15) is 19.3 Å². The van der Waals surface area contributed by atoms with Crippen LogP contribution in [0, 0.1) is 5.92 Å². The summed E-state index contributed by atoms with van der Waals surface area (Å²) >= 11 is 1.59. The molecule has 1 aromatic rings. The first-order chi connectivity index (χ1) is 7.18. The van der Waals surface area contributed by atoms with Gasteiger partial charge in [0.25, 0.3) is 0 Å². The maximum atomic E-state index is 11.0. The van der Waals surface area contributed by atoms with Gasteiger partial charge in [-0.1, -0.05) is 18.2 Å². The van der Waals surface area contributed by atoms with Gasteiger partial charge in [-0.3, -0.25) is 4.79 Å². The smallest absolute Gasteiger partial charge is 0.307 e. The second-order valence-electron chi connectivity index (χ2n) is 3.85. The van der Waals surface area contributed by atoms with Gasteiger partial charge in [0.05, 0.1) is 5.92 Å². The van der Waals surface area contributed by atoms with Gasteiger partial charge in [-0.05, 0) is 12.8 Å². The summed E-state index contributed by atoms with van der Waals surface area (Å²) in [6, 6.07) is 0. The highest BCUT2D eigenvalue weighted by molar-refractivity contribution is 7.99. The number of hydrogen-bond donors (Lipinski definition) is 1. The molecule has 82 valence electrons. The fourth-order valence-corrected chi connectivity index (χ4v) is 3.27. The van der Waals surface area contributed by atoms with Gasteiger partial charge >= 0.3 is 5.97 Å². The van der Waals surface area contributed by atoms with Gasteiger partial charge in [0.2, 0.25) is 0 Å². The summed E-state index contributed by atoms with van der Waals surface area (Å²) < 4.78 is 1.93. The number of nitrogens with zero attached hydrogens (tertiary/aromatic N) is 2. The van der Waals surface area contributed by atoms with Gasteiger partial charge in [-0.25, -0.2) is 4.98 Å². The molecule has 0 amide bonds. The monoisotopic (exact) mass is 226 g/mol. The van der Waals surface area contributed by atoms with Crippen molar-refractivity contribution in [3.8, 4) is 0 Å². The SMILES string of the molecule is Cn1ccnc1SC1CCCC1C(=O)O. The van der Waals surface area contributed by atoms with E-state index in [2.05, 4.69) is 4.98 Å². The second-order valence-corrected chi connectivity index (χ2v) is 5.06. The lowest BCUT2D eigenvalue weighted by Gasteiger charge is -2.14. The van der Waals surface area contributed by atoms with Crippen molar-refractivity contribution in [3.05, 3.63) is 12.4 Å². The molecule has 0 spiro atoms. The van der Waals surface area contributed by atoms with Crippen molar-refractivity contribution in [1.82, 2.24) is 9.55 Å². The first-order valence-electron chi connectivity index (χ1n) is 5.05. The lowest BCUT2D eigenvalue weighted by molar-refractivity contribution is -0.141. The number of hydrogen-bond acceptors (Lipinski definition) is 3. The van der Waals surface area contributed by atoms with E-state index in [0.717, 1.165) is 24.4 Å². The van der Waals surface area contributed by atoms with Crippen LogP contribution in [0.25, 0.3) is 0 Å². The molecule has 1 saturated carbocycles. The predicted octanol–water partition coefficient (Wildman–Crippen LogP) is 1.77. The molecule has 0 aromatic carbocycles. The van der Waals surface area contributed by atoms with E-state index in [4.69, 9.17) is 5.11 Å². The normalized spacial score (nSPS) is 25.7. The van der Waals surface area contributed by atoms with E-state index in [1.807, 2.05) is 17.8 Å². The number of carboxylic acid groups (broad SMARTS) is 1. The molecule has 5 heteroatoms. The zero-order valence-corrected chi connectivity index (χ0v) is 9.41. The molecule has 0 aliphatic heterocycles. The summed E-state index contributed by atoms with van der Waals surface area (Å²) in [6.07, 6.45) is 6.42. The Hall–Kier alpha value is -0.970. The first-order valence-corrected chi connectivity index (χ1v) is 5.93. The minimum Gasteiger partial charge on any atom is -0.481 e. The highest BCUT2D eigenvalue weighted by Crippen LogP contribution is 2.38. The Kier molecular flexibility index (Phi) is 3.00. The molecule has 0 bridgehead atoms. The molecular weight excluding hydrogens is 212 g/mol. The fourth-order valence-electron chi connectivity index (χ4n) is 1.95. The molecular formula is C10H14N2O2S. The lowest BCUT2D eigenvalue weighted by Crippen LogP contribution is -2.20. The van der Waals surface area contributed by atoms with Crippen LogP contribution in [0.15, 0.2) is 17.6 Å². The van der Waals surface area contributed by atoms with Crippen molar-refractivity contribution in [2.45, 2.75) is 29.7 Å². The lowest BCUT2D eigenvalue weighted by atomic mass is 10.1. The Morgan fingerprint density at radius 1 is 1.67 bits per heavy atom. The molecule has 0 saturated heterocycles. The number of thioether (sulfide) groups is 1. The molecule has 1 fully saturated rings. The van der Waals surface area contributed by atoms with Crippen LogP contribution in [0.3, 0.4) is 0 Å². The van der Waals surface area contributed by atoms with E-state index in [1.165, 1.54) is 0 Å². The summed E-state index contributed by atoms with van der Waals surface area (Å²) in [4.78, 5) is 15.2. The van der Waals surface area contributed by atoms with Crippen molar-refractivity contribution < 1.29 is 9.90 Å². The van der Waals surface area contributed by atoms with Crippen molar-refractivity contribution in [3.63, 3.8) is 0 Å². The van der Waals surface area contributed by atoms with E-state index in [-0.39, 0.29) is 11.2 Å². The largest absolute Gasteiger partial charge is 0.481 e. The summed E-state index contributed by atoms with van der Waals surface area (Å²) in [5, 5.41) is 10.1. The zero-order chi connectivity index (χ0) is 10.8. The van der Waals surface area contributed by atoms with Crippen LogP contribution >= 0.6 is 11.8 Å². The van der Waals surface area contributed by atoms with Gasteiger partial charge < -0.3 is 9.67 Å². The number of carboxylic acids is 1. The average molecular weight is 226 g/mol. The summed E-state index contributed by atoms with van der Waals surface area (Å²) in [5.41, 5.74) is 0. The van der Waals surface area contributed by atoms with E-state index < -0.39 is 5.97 Å². The van der Waals surface area contributed by atoms with Gasteiger partial charge in [0.1, 0.15) is 0 Å². The number of aromatic nitrogens is 2. The van der Waals surface area contributed by atoms with Crippen molar-refractivity contribution in [2.75, 3.05) is 0 Å². The molecule has 15 heavy (non-hydrogen) atoms. The Morgan fingerprint density at radius 2 is 2.47 bits per heavy atom. The third kappa shape index (κ3) is 2.17. The van der Waals surface area contributed by atoms with Gasteiger partial charge in [-0.15, -0.1) is 0 Å². The highest BCUT2D eigenvalue weighted by Gasteiger charge is 2.34. The predicted molar refractivity (Wildman–Crippen MR) is 57.8 cm³/mol. The number of aryl methyl sites for hydroxylation is 1. The summed E-state index contributed by atoms with van der Waals surface area (Å²) in [6.45, 7) is 0.